The first kappa shape index (κ1) is 11.4. The number of nitrogens with one attached hydrogen (secondary N) is 2. The van der Waals surface area contributed by atoms with E-state index in [9.17, 15) is 4.79 Å². The Bertz CT molecular complexity index is 520. The Kier molecular flexibility index (Phi) is 3.55. The van der Waals surface area contributed by atoms with Crippen LogP contribution in [0.3, 0.4) is 0 Å². The van der Waals surface area contributed by atoms with Crippen molar-refractivity contribution in [2.75, 3.05) is 13.6 Å². The topological polar surface area (TPSA) is 54.0 Å². The van der Waals surface area contributed by atoms with E-state index < -0.39 is 0 Å². The monoisotopic (exact) mass is 229 g/mol. The minimum Gasteiger partial charge on any atom is -0.341 e. The van der Waals surface area contributed by atoms with Crippen LogP contribution in [-0.4, -0.2) is 24.6 Å². The van der Waals surface area contributed by atoms with Gasteiger partial charge in [-0.05, 0) is 18.1 Å². The molecule has 0 atom stereocenters. The van der Waals surface area contributed by atoms with Crippen LogP contribution in [0.25, 0.3) is 10.9 Å². The fraction of sp³-hybridized carbons (Fsp3) is 0.231. The molecular weight excluding hydrogens is 214 g/mol. The SMILES string of the molecule is CNC(=O)NCCc1cccc2cccnc12. The summed E-state index contributed by atoms with van der Waals surface area (Å²) in [6.07, 6.45) is 2.57. The molecule has 0 aliphatic rings. The molecule has 1 aromatic carbocycles. The molecule has 0 aliphatic carbocycles. The molecule has 0 unspecified atom stereocenters. The van der Waals surface area contributed by atoms with Gasteiger partial charge in [-0.3, -0.25) is 4.98 Å². The van der Waals surface area contributed by atoms with E-state index in [2.05, 4.69) is 15.6 Å². The van der Waals surface area contributed by atoms with Crippen LogP contribution in [-0.2, 0) is 6.42 Å². The van der Waals surface area contributed by atoms with E-state index in [0.717, 1.165) is 22.9 Å². The highest BCUT2D eigenvalue weighted by Gasteiger charge is 2.02. The molecule has 0 saturated carbocycles. The maximum absolute atomic E-state index is 11.0. The Morgan fingerprint density at radius 1 is 1.29 bits per heavy atom. The quantitative estimate of drug-likeness (QED) is 0.841. The van der Waals surface area contributed by atoms with Crippen LogP contribution in [0.4, 0.5) is 4.79 Å². The van der Waals surface area contributed by atoms with Gasteiger partial charge in [-0.1, -0.05) is 24.3 Å². The molecule has 2 amide bonds. The molecular formula is C13H15N3O. The molecule has 1 heterocycles. The lowest BCUT2D eigenvalue weighted by molar-refractivity contribution is 0.243. The molecule has 4 nitrogen and oxygen atoms in total. The molecule has 0 aliphatic heterocycles. The number of hydrogen-bond acceptors (Lipinski definition) is 2. The Morgan fingerprint density at radius 2 is 2.12 bits per heavy atom. The second-order valence-electron chi connectivity index (χ2n) is 3.75. The zero-order chi connectivity index (χ0) is 12.1. The Balaban J connectivity index is 2.11. The average Bonchev–Trinajstić information content (AvgIpc) is 2.39. The van der Waals surface area contributed by atoms with Gasteiger partial charge in [0.05, 0.1) is 5.52 Å². The highest BCUT2D eigenvalue weighted by molar-refractivity contribution is 5.81. The lowest BCUT2D eigenvalue weighted by atomic mass is 10.1. The van der Waals surface area contributed by atoms with Crippen molar-refractivity contribution in [1.29, 1.82) is 0 Å². The smallest absolute Gasteiger partial charge is 0.314 e. The summed E-state index contributed by atoms with van der Waals surface area (Å²) in [4.78, 5) is 15.4. The molecule has 0 fully saturated rings. The molecule has 17 heavy (non-hydrogen) atoms. The summed E-state index contributed by atoms with van der Waals surface area (Å²) in [6, 6.07) is 9.91. The number of benzene rings is 1. The van der Waals surface area contributed by atoms with Crippen molar-refractivity contribution in [3.8, 4) is 0 Å². The number of rotatable bonds is 3. The first-order chi connectivity index (χ1) is 8.31. The van der Waals surface area contributed by atoms with Crippen LogP contribution in [0, 0.1) is 0 Å². The van der Waals surface area contributed by atoms with Crippen LogP contribution in [0.1, 0.15) is 5.56 Å². The molecule has 0 bridgehead atoms. The fourth-order valence-corrected chi connectivity index (χ4v) is 1.77. The number of para-hydroxylation sites is 1. The lowest BCUT2D eigenvalue weighted by Crippen LogP contribution is -2.34. The first-order valence-electron chi connectivity index (χ1n) is 5.59. The molecule has 0 radical (unpaired) electrons. The average molecular weight is 229 g/mol. The van der Waals surface area contributed by atoms with Gasteiger partial charge in [0, 0.05) is 25.2 Å². The van der Waals surface area contributed by atoms with Crippen LogP contribution in [0.5, 0.6) is 0 Å². The number of amides is 2. The summed E-state index contributed by atoms with van der Waals surface area (Å²) in [5.41, 5.74) is 2.16. The van der Waals surface area contributed by atoms with Crippen LogP contribution in [0.2, 0.25) is 0 Å². The largest absolute Gasteiger partial charge is 0.341 e. The van der Waals surface area contributed by atoms with Gasteiger partial charge in [0.25, 0.3) is 0 Å². The predicted octanol–water partition coefficient (Wildman–Crippen LogP) is 1.71. The molecule has 0 saturated heterocycles. The van der Waals surface area contributed by atoms with Gasteiger partial charge in [0.15, 0.2) is 0 Å². The van der Waals surface area contributed by atoms with Crippen LogP contribution in [0.15, 0.2) is 36.5 Å². The summed E-state index contributed by atoms with van der Waals surface area (Å²) in [5, 5.41) is 6.42. The Morgan fingerprint density at radius 3 is 2.94 bits per heavy atom. The van der Waals surface area contributed by atoms with E-state index in [1.807, 2.05) is 30.3 Å². The van der Waals surface area contributed by atoms with Gasteiger partial charge >= 0.3 is 6.03 Å². The van der Waals surface area contributed by atoms with Gasteiger partial charge in [0.2, 0.25) is 0 Å². The molecule has 88 valence electrons. The molecule has 0 spiro atoms. The number of carbonyl (C=O) groups excluding carboxylic acids is 1. The van der Waals surface area contributed by atoms with E-state index in [-0.39, 0.29) is 6.03 Å². The minimum atomic E-state index is -0.154. The summed E-state index contributed by atoms with van der Waals surface area (Å²) >= 11 is 0. The van der Waals surface area contributed by atoms with Gasteiger partial charge in [0.1, 0.15) is 0 Å². The Labute approximate surface area is 100 Å². The van der Waals surface area contributed by atoms with Crippen molar-refractivity contribution in [3.05, 3.63) is 42.1 Å². The number of nitrogens with zero attached hydrogens (tertiary/aromatic N) is 1. The Hall–Kier alpha value is -2.10. The zero-order valence-electron chi connectivity index (χ0n) is 9.73. The highest BCUT2D eigenvalue weighted by Crippen LogP contribution is 2.15. The maximum Gasteiger partial charge on any atom is 0.314 e. The van der Waals surface area contributed by atoms with Crippen molar-refractivity contribution in [2.24, 2.45) is 0 Å². The van der Waals surface area contributed by atoms with Crippen LogP contribution < -0.4 is 10.6 Å². The predicted molar refractivity (Wildman–Crippen MR) is 67.9 cm³/mol. The van der Waals surface area contributed by atoms with Crippen molar-refractivity contribution >= 4 is 16.9 Å². The third-order valence-electron chi connectivity index (χ3n) is 2.62. The molecule has 1 aromatic heterocycles. The number of urea groups is 1. The minimum absolute atomic E-state index is 0.154. The number of aromatic nitrogens is 1. The van der Waals surface area contributed by atoms with E-state index in [0.29, 0.717) is 6.54 Å². The lowest BCUT2D eigenvalue weighted by Gasteiger charge is -2.06. The third kappa shape index (κ3) is 2.72. The normalized spacial score (nSPS) is 10.2. The number of carbonyl (C=O) groups is 1. The number of fused-ring (bicyclic) bond motifs is 1. The van der Waals surface area contributed by atoms with E-state index in [1.54, 1.807) is 13.2 Å². The van der Waals surface area contributed by atoms with Gasteiger partial charge < -0.3 is 10.6 Å². The molecule has 2 rings (SSSR count). The summed E-state index contributed by atoms with van der Waals surface area (Å²) in [5.74, 6) is 0. The second kappa shape index (κ2) is 5.30. The highest BCUT2D eigenvalue weighted by atomic mass is 16.2. The van der Waals surface area contributed by atoms with Crippen molar-refractivity contribution in [1.82, 2.24) is 15.6 Å². The van der Waals surface area contributed by atoms with Gasteiger partial charge in [-0.15, -0.1) is 0 Å². The second-order valence-corrected chi connectivity index (χ2v) is 3.75. The van der Waals surface area contributed by atoms with E-state index in [1.165, 1.54) is 0 Å². The molecule has 2 N–H and O–H groups in total. The number of pyridine rings is 1. The fourth-order valence-electron chi connectivity index (χ4n) is 1.77. The first-order valence-corrected chi connectivity index (χ1v) is 5.59. The van der Waals surface area contributed by atoms with E-state index >= 15 is 0 Å². The maximum atomic E-state index is 11.0. The summed E-state index contributed by atoms with van der Waals surface area (Å²) < 4.78 is 0. The van der Waals surface area contributed by atoms with E-state index in [4.69, 9.17) is 0 Å². The van der Waals surface area contributed by atoms with Crippen molar-refractivity contribution in [3.63, 3.8) is 0 Å². The van der Waals surface area contributed by atoms with Crippen molar-refractivity contribution < 1.29 is 4.79 Å². The third-order valence-corrected chi connectivity index (χ3v) is 2.62. The molecule has 2 aromatic rings. The number of hydrogen-bond donors (Lipinski definition) is 2. The summed E-state index contributed by atoms with van der Waals surface area (Å²) in [7, 11) is 1.61. The molecule has 4 heteroatoms. The van der Waals surface area contributed by atoms with Crippen molar-refractivity contribution in [2.45, 2.75) is 6.42 Å². The standard InChI is InChI=1S/C13H15N3O/c1-14-13(17)16-9-7-11-5-2-4-10-6-3-8-15-12(10)11/h2-6,8H,7,9H2,1H3,(H2,14,16,17). The zero-order valence-corrected chi connectivity index (χ0v) is 9.73. The summed E-state index contributed by atoms with van der Waals surface area (Å²) in [6.45, 7) is 0.607. The van der Waals surface area contributed by atoms with Crippen LogP contribution >= 0.6 is 0 Å². The van der Waals surface area contributed by atoms with Gasteiger partial charge in [-0.2, -0.15) is 0 Å². The van der Waals surface area contributed by atoms with Gasteiger partial charge in [-0.25, -0.2) is 4.79 Å².